The summed E-state index contributed by atoms with van der Waals surface area (Å²) in [6.45, 7) is 5.60. The van der Waals surface area contributed by atoms with Gasteiger partial charge in [-0.05, 0) is 68.5 Å². The largest absolute Gasteiger partial charge is 0.381 e. The van der Waals surface area contributed by atoms with Gasteiger partial charge in [-0.25, -0.2) is 19.3 Å². The number of nitrogens with one attached hydrogen (secondary N) is 2. The molecule has 35 heavy (non-hydrogen) atoms. The van der Waals surface area contributed by atoms with Crippen LogP contribution in [0.2, 0.25) is 0 Å². The minimum absolute atomic E-state index is 0.104. The van der Waals surface area contributed by atoms with E-state index >= 15 is 0 Å². The second kappa shape index (κ2) is 9.79. The molecule has 4 aromatic rings. The number of imidazole rings is 2. The first-order valence-corrected chi connectivity index (χ1v) is 11.7. The van der Waals surface area contributed by atoms with Crippen molar-refractivity contribution < 1.29 is 13.9 Å². The second-order valence-corrected chi connectivity index (χ2v) is 8.90. The van der Waals surface area contributed by atoms with Crippen LogP contribution in [-0.4, -0.2) is 43.6 Å². The molecule has 0 radical (unpaired) electrons. The molecule has 9 heteroatoms. The minimum atomic E-state index is -0.363. The van der Waals surface area contributed by atoms with Crippen molar-refractivity contribution in [2.24, 2.45) is 0 Å². The summed E-state index contributed by atoms with van der Waals surface area (Å²) < 4.78 is 20.8. The highest BCUT2D eigenvalue weighted by atomic mass is 19.1. The molecule has 5 rings (SSSR count). The SMILES string of the molecule is CC(C)n1cnc(-c2ccc(F)cc2)c1-c1nc(C(=O)Nc2ccc(C3CCOCC3)cn2)c[nH]1. The Balaban J connectivity index is 1.37. The quantitative estimate of drug-likeness (QED) is 0.400. The highest BCUT2D eigenvalue weighted by molar-refractivity contribution is 6.02. The molecule has 1 aliphatic rings. The number of aromatic nitrogens is 5. The number of carbonyl (C=O) groups is 1. The van der Waals surface area contributed by atoms with Crippen molar-refractivity contribution >= 4 is 11.7 Å². The smallest absolute Gasteiger partial charge is 0.277 e. The summed E-state index contributed by atoms with van der Waals surface area (Å²) in [5.41, 5.74) is 3.53. The van der Waals surface area contributed by atoms with Crippen molar-refractivity contribution in [3.8, 4) is 22.8 Å². The molecule has 3 aromatic heterocycles. The van der Waals surface area contributed by atoms with E-state index in [4.69, 9.17) is 4.74 Å². The van der Waals surface area contributed by atoms with Crippen molar-refractivity contribution in [2.45, 2.75) is 38.6 Å². The second-order valence-electron chi connectivity index (χ2n) is 8.90. The van der Waals surface area contributed by atoms with Crippen LogP contribution in [0.15, 0.2) is 55.1 Å². The maximum absolute atomic E-state index is 13.4. The normalized spacial score (nSPS) is 14.4. The predicted octanol–water partition coefficient (Wildman–Crippen LogP) is 5.20. The lowest BCUT2D eigenvalue weighted by atomic mass is 9.93. The van der Waals surface area contributed by atoms with Crippen LogP contribution in [0.25, 0.3) is 22.8 Å². The van der Waals surface area contributed by atoms with Crippen LogP contribution in [-0.2, 0) is 4.74 Å². The van der Waals surface area contributed by atoms with Gasteiger partial charge < -0.3 is 19.6 Å². The topological polar surface area (TPSA) is 97.7 Å². The van der Waals surface area contributed by atoms with Crippen molar-refractivity contribution in [3.63, 3.8) is 0 Å². The van der Waals surface area contributed by atoms with Crippen LogP contribution in [0.3, 0.4) is 0 Å². The Morgan fingerprint density at radius 3 is 2.60 bits per heavy atom. The minimum Gasteiger partial charge on any atom is -0.381 e. The molecule has 0 spiro atoms. The number of rotatable bonds is 6. The molecule has 180 valence electrons. The third-order valence-electron chi connectivity index (χ3n) is 6.22. The lowest BCUT2D eigenvalue weighted by Gasteiger charge is -2.22. The van der Waals surface area contributed by atoms with Gasteiger partial charge >= 0.3 is 0 Å². The summed E-state index contributed by atoms with van der Waals surface area (Å²) in [6.07, 6.45) is 7.07. The number of anilines is 1. The molecule has 0 unspecified atom stereocenters. The predicted molar refractivity (Wildman–Crippen MR) is 131 cm³/mol. The van der Waals surface area contributed by atoms with E-state index in [2.05, 4.69) is 25.3 Å². The van der Waals surface area contributed by atoms with Crippen molar-refractivity contribution in [2.75, 3.05) is 18.5 Å². The summed E-state index contributed by atoms with van der Waals surface area (Å²) in [6, 6.07) is 10.1. The number of H-pyrrole nitrogens is 1. The molecule has 8 nitrogen and oxygen atoms in total. The Morgan fingerprint density at radius 1 is 1.14 bits per heavy atom. The van der Waals surface area contributed by atoms with Crippen LogP contribution in [0.1, 0.15) is 54.7 Å². The number of halogens is 1. The first-order valence-electron chi connectivity index (χ1n) is 11.7. The van der Waals surface area contributed by atoms with Crippen molar-refractivity contribution in [1.29, 1.82) is 0 Å². The average molecular weight is 475 g/mol. The zero-order chi connectivity index (χ0) is 24.4. The fourth-order valence-electron chi connectivity index (χ4n) is 4.30. The van der Waals surface area contributed by atoms with Crippen LogP contribution in [0.5, 0.6) is 0 Å². The molecule has 1 saturated heterocycles. The number of hydrogen-bond acceptors (Lipinski definition) is 5. The van der Waals surface area contributed by atoms with Gasteiger partial charge in [-0.1, -0.05) is 6.07 Å². The molecule has 2 N–H and O–H groups in total. The zero-order valence-electron chi connectivity index (χ0n) is 19.7. The number of aromatic amines is 1. The molecule has 0 saturated carbocycles. The van der Waals surface area contributed by atoms with E-state index in [0.29, 0.717) is 23.3 Å². The number of benzene rings is 1. The Bertz CT molecular complexity index is 1300. The van der Waals surface area contributed by atoms with E-state index in [0.717, 1.165) is 42.9 Å². The lowest BCUT2D eigenvalue weighted by Crippen LogP contribution is -2.15. The molecular formula is C26H27FN6O2. The van der Waals surface area contributed by atoms with Crippen LogP contribution < -0.4 is 5.32 Å². The van der Waals surface area contributed by atoms with Gasteiger partial charge in [-0.15, -0.1) is 0 Å². The monoisotopic (exact) mass is 474 g/mol. The molecule has 1 amide bonds. The van der Waals surface area contributed by atoms with E-state index in [1.54, 1.807) is 24.7 Å². The molecule has 0 aliphatic carbocycles. The Morgan fingerprint density at radius 2 is 1.91 bits per heavy atom. The van der Waals surface area contributed by atoms with Gasteiger partial charge in [-0.3, -0.25) is 4.79 Å². The summed E-state index contributed by atoms with van der Waals surface area (Å²) in [4.78, 5) is 29.5. The highest BCUT2D eigenvalue weighted by Crippen LogP contribution is 2.32. The van der Waals surface area contributed by atoms with Gasteiger partial charge in [0.1, 0.15) is 23.0 Å². The Hall–Kier alpha value is -3.85. The van der Waals surface area contributed by atoms with Crippen LogP contribution in [0.4, 0.5) is 10.2 Å². The third-order valence-corrected chi connectivity index (χ3v) is 6.22. The third kappa shape index (κ3) is 4.85. The summed E-state index contributed by atoms with van der Waals surface area (Å²) >= 11 is 0. The van der Waals surface area contributed by atoms with Crippen LogP contribution in [0, 0.1) is 5.82 Å². The van der Waals surface area contributed by atoms with Crippen molar-refractivity contribution in [3.05, 3.63) is 72.2 Å². The standard InChI is InChI=1S/C26H27FN6O2/c1-16(2)33-15-30-23(18-3-6-20(27)7-4-18)24(33)25-29-14-21(31-25)26(34)32-22-8-5-19(13-28-22)17-9-11-35-12-10-17/h3-8,13-17H,9-12H2,1-2H3,(H,29,31)(H,28,32,34). The molecule has 1 fully saturated rings. The summed E-state index contributed by atoms with van der Waals surface area (Å²) in [5.74, 6) is 0.733. The highest BCUT2D eigenvalue weighted by Gasteiger charge is 2.21. The number of hydrogen-bond donors (Lipinski definition) is 2. The van der Waals surface area contributed by atoms with Gasteiger partial charge in [0, 0.05) is 37.2 Å². The molecule has 0 bridgehead atoms. The van der Waals surface area contributed by atoms with Gasteiger partial charge in [0.05, 0.1) is 12.0 Å². The fraction of sp³-hybridized carbons (Fsp3) is 0.308. The number of nitrogens with zero attached hydrogens (tertiary/aromatic N) is 4. The molecule has 1 aliphatic heterocycles. The zero-order valence-corrected chi connectivity index (χ0v) is 19.7. The van der Waals surface area contributed by atoms with E-state index in [1.165, 1.54) is 12.1 Å². The lowest BCUT2D eigenvalue weighted by molar-refractivity contribution is 0.0853. The molecule has 4 heterocycles. The first-order chi connectivity index (χ1) is 17.0. The first kappa shape index (κ1) is 22.9. The fourth-order valence-corrected chi connectivity index (χ4v) is 4.30. The van der Waals surface area contributed by atoms with Gasteiger partial charge in [0.15, 0.2) is 5.82 Å². The number of carbonyl (C=O) groups excluding carboxylic acids is 1. The van der Waals surface area contributed by atoms with E-state index in [9.17, 15) is 9.18 Å². The Labute approximate surface area is 202 Å². The van der Waals surface area contributed by atoms with Crippen LogP contribution >= 0.6 is 0 Å². The average Bonchev–Trinajstić information content (AvgIpc) is 3.53. The molecular weight excluding hydrogens is 447 g/mol. The Kier molecular flexibility index (Phi) is 6.41. The van der Waals surface area contributed by atoms with Crippen molar-refractivity contribution in [1.82, 2.24) is 24.5 Å². The molecule has 1 aromatic carbocycles. The number of pyridine rings is 1. The summed E-state index contributed by atoms with van der Waals surface area (Å²) in [5, 5.41) is 2.82. The van der Waals surface area contributed by atoms with Gasteiger partial charge in [-0.2, -0.15) is 0 Å². The van der Waals surface area contributed by atoms with E-state index < -0.39 is 0 Å². The maximum Gasteiger partial charge on any atom is 0.277 e. The molecule has 0 atom stereocenters. The number of amides is 1. The van der Waals surface area contributed by atoms with Gasteiger partial charge in [0.2, 0.25) is 0 Å². The number of ether oxygens (including phenoxy) is 1. The summed E-state index contributed by atoms with van der Waals surface area (Å²) in [7, 11) is 0. The van der Waals surface area contributed by atoms with E-state index in [1.807, 2.05) is 36.7 Å². The van der Waals surface area contributed by atoms with E-state index in [-0.39, 0.29) is 23.5 Å². The van der Waals surface area contributed by atoms with Gasteiger partial charge in [0.25, 0.3) is 5.91 Å². The maximum atomic E-state index is 13.4.